The van der Waals surface area contributed by atoms with E-state index in [1.54, 1.807) is 6.08 Å². The average Bonchev–Trinajstić information content (AvgIpc) is 3.10. The highest BCUT2D eigenvalue weighted by Gasteiger charge is 2.60. The standard InChI is InChI=1S/C14H20O4/c1-8(9-4-5-9)18-11(15)7-6-10-12(13(16)17)14(10,2)3/h6-10,12H,4-5H2,1-3H3,(H,16,17)/b7-6-. The molecule has 100 valence electrons. The van der Waals surface area contributed by atoms with E-state index in [0.717, 1.165) is 12.8 Å². The molecule has 0 aromatic heterocycles. The van der Waals surface area contributed by atoms with E-state index in [4.69, 9.17) is 9.84 Å². The van der Waals surface area contributed by atoms with Gasteiger partial charge in [-0.25, -0.2) is 4.79 Å². The van der Waals surface area contributed by atoms with Gasteiger partial charge in [-0.2, -0.15) is 0 Å². The van der Waals surface area contributed by atoms with Crippen LogP contribution in [0.1, 0.15) is 33.6 Å². The summed E-state index contributed by atoms with van der Waals surface area (Å²) in [5, 5.41) is 9.00. The summed E-state index contributed by atoms with van der Waals surface area (Å²) in [6, 6.07) is 0. The van der Waals surface area contributed by atoms with Crippen LogP contribution in [-0.2, 0) is 14.3 Å². The highest BCUT2D eigenvalue weighted by molar-refractivity contribution is 5.83. The molecule has 3 unspecified atom stereocenters. The van der Waals surface area contributed by atoms with Gasteiger partial charge >= 0.3 is 11.9 Å². The smallest absolute Gasteiger partial charge is 0.330 e. The minimum atomic E-state index is -0.797. The molecule has 4 nitrogen and oxygen atoms in total. The molecule has 18 heavy (non-hydrogen) atoms. The third-order valence-corrected chi connectivity index (χ3v) is 4.20. The maximum absolute atomic E-state index is 11.5. The van der Waals surface area contributed by atoms with Crippen molar-refractivity contribution in [3.8, 4) is 0 Å². The van der Waals surface area contributed by atoms with Crippen LogP contribution < -0.4 is 0 Å². The van der Waals surface area contributed by atoms with Gasteiger partial charge in [0.1, 0.15) is 6.10 Å². The maximum atomic E-state index is 11.5. The number of hydrogen-bond acceptors (Lipinski definition) is 3. The summed E-state index contributed by atoms with van der Waals surface area (Å²) >= 11 is 0. The van der Waals surface area contributed by atoms with Crippen molar-refractivity contribution in [1.29, 1.82) is 0 Å². The van der Waals surface area contributed by atoms with Crippen LogP contribution in [0.25, 0.3) is 0 Å². The van der Waals surface area contributed by atoms with Crippen LogP contribution >= 0.6 is 0 Å². The van der Waals surface area contributed by atoms with Crippen LogP contribution in [0.3, 0.4) is 0 Å². The fourth-order valence-corrected chi connectivity index (χ4v) is 2.58. The molecule has 2 fully saturated rings. The lowest BCUT2D eigenvalue weighted by Gasteiger charge is -2.09. The third kappa shape index (κ3) is 2.57. The van der Waals surface area contributed by atoms with Crippen molar-refractivity contribution in [1.82, 2.24) is 0 Å². The Hall–Kier alpha value is -1.32. The van der Waals surface area contributed by atoms with Crippen molar-refractivity contribution in [3.05, 3.63) is 12.2 Å². The highest BCUT2D eigenvalue weighted by Crippen LogP contribution is 2.59. The maximum Gasteiger partial charge on any atom is 0.330 e. The van der Waals surface area contributed by atoms with Gasteiger partial charge in [0.05, 0.1) is 5.92 Å². The Morgan fingerprint density at radius 3 is 2.44 bits per heavy atom. The first-order chi connectivity index (χ1) is 8.34. The summed E-state index contributed by atoms with van der Waals surface area (Å²) in [6.45, 7) is 5.71. The molecule has 3 atom stereocenters. The number of carbonyl (C=O) groups excluding carboxylic acids is 1. The summed E-state index contributed by atoms with van der Waals surface area (Å²) in [6.07, 6.45) is 5.31. The zero-order valence-corrected chi connectivity index (χ0v) is 11.1. The number of esters is 1. The second kappa shape index (κ2) is 4.41. The molecule has 0 spiro atoms. The summed E-state index contributed by atoms with van der Waals surface area (Å²) in [7, 11) is 0. The van der Waals surface area contributed by atoms with E-state index in [0.29, 0.717) is 5.92 Å². The molecular formula is C14H20O4. The lowest BCUT2D eigenvalue weighted by Crippen LogP contribution is -2.14. The van der Waals surface area contributed by atoms with Crippen LogP contribution in [0.4, 0.5) is 0 Å². The van der Waals surface area contributed by atoms with Crippen LogP contribution in [-0.4, -0.2) is 23.1 Å². The molecule has 2 rings (SSSR count). The van der Waals surface area contributed by atoms with E-state index >= 15 is 0 Å². The molecule has 0 aliphatic heterocycles. The second-order valence-electron chi connectivity index (χ2n) is 6.00. The minimum Gasteiger partial charge on any atom is -0.481 e. The lowest BCUT2D eigenvalue weighted by molar-refractivity contribution is -0.143. The molecule has 0 bridgehead atoms. The van der Waals surface area contributed by atoms with Gasteiger partial charge < -0.3 is 9.84 Å². The van der Waals surface area contributed by atoms with Crippen molar-refractivity contribution in [2.45, 2.75) is 39.7 Å². The number of carboxylic acids is 1. The number of carbonyl (C=O) groups is 2. The first kappa shape index (κ1) is 13.1. The number of aliphatic carboxylic acids is 1. The summed E-state index contributed by atoms with van der Waals surface area (Å²) in [5.41, 5.74) is -0.259. The molecule has 0 aromatic rings. The Morgan fingerprint density at radius 2 is 2.00 bits per heavy atom. The predicted molar refractivity (Wildman–Crippen MR) is 65.8 cm³/mol. The summed E-state index contributed by atoms with van der Waals surface area (Å²) in [5.74, 6) is -1.09. The Morgan fingerprint density at radius 1 is 1.39 bits per heavy atom. The van der Waals surface area contributed by atoms with E-state index in [1.165, 1.54) is 6.08 Å². The Bertz CT molecular complexity index is 393. The largest absolute Gasteiger partial charge is 0.481 e. The molecule has 2 aliphatic carbocycles. The van der Waals surface area contributed by atoms with Crippen molar-refractivity contribution in [3.63, 3.8) is 0 Å². The molecule has 2 aliphatic rings. The van der Waals surface area contributed by atoms with Gasteiger partial charge in [0.25, 0.3) is 0 Å². The van der Waals surface area contributed by atoms with E-state index in [9.17, 15) is 9.59 Å². The van der Waals surface area contributed by atoms with Crippen molar-refractivity contribution in [2.24, 2.45) is 23.2 Å². The lowest BCUT2D eigenvalue weighted by atomic mass is 10.1. The SMILES string of the molecule is CC(OC(=O)/C=C\C1C(C(=O)O)C1(C)C)C1CC1. The summed E-state index contributed by atoms with van der Waals surface area (Å²) in [4.78, 5) is 22.5. The molecule has 0 heterocycles. The van der Waals surface area contributed by atoms with Gasteiger partial charge in [0, 0.05) is 6.08 Å². The van der Waals surface area contributed by atoms with Crippen molar-refractivity contribution < 1.29 is 19.4 Å². The molecule has 0 amide bonds. The number of hydrogen-bond donors (Lipinski definition) is 1. The third-order valence-electron chi connectivity index (χ3n) is 4.20. The van der Waals surface area contributed by atoms with Crippen LogP contribution in [0.15, 0.2) is 12.2 Å². The van der Waals surface area contributed by atoms with E-state index in [-0.39, 0.29) is 29.3 Å². The first-order valence-electron chi connectivity index (χ1n) is 6.45. The number of ether oxygens (including phenoxy) is 1. The molecule has 0 saturated heterocycles. The van der Waals surface area contributed by atoms with E-state index in [2.05, 4.69) is 0 Å². The zero-order valence-electron chi connectivity index (χ0n) is 11.1. The topological polar surface area (TPSA) is 63.6 Å². The second-order valence-corrected chi connectivity index (χ2v) is 6.00. The Labute approximate surface area is 107 Å². The van der Waals surface area contributed by atoms with Gasteiger partial charge in [-0.15, -0.1) is 0 Å². The van der Waals surface area contributed by atoms with Crippen LogP contribution in [0.2, 0.25) is 0 Å². The predicted octanol–water partition coefficient (Wildman–Crippen LogP) is 2.24. The minimum absolute atomic E-state index is 0.0235. The molecule has 1 N–H and O–H groups in total. The molecule has 2 saturated carbocycles. The Balaban J connectivity index is 1.84. The first-order valence-corrected chi connectivity index (χ1v) is 6.45. The molecule has 0 radical (unpaired) electrons. The van der Waals surface area contributed by atoms with Gasteiger partial charge in [-0.05, 0) is 37.0 Å². The fraction of sp³-hybridized carbons (Fsp3) is 0.714. The number of rotatable bonds is 5. The van der Waals surface area contributed by atoms with Gasteiger partial charge in [0.15, 0.2) is 0 Å². The Kier molecular flexibility index (Phi) is 3.21. The van der Waals surface area contributed by atoms with Crippen molar-refractivity contribution in [2.75, 3.05) is 0 Å². The fourth-order valence-electron chi connectivity index (χ4n) is 2.58. The number of carboxylic acid groups (broad SMARTS) is 1. The zero-order chi connectivity index (χ0) is 13.5. The van der Waals surface area contributed by atoms with Gasteiger partial charge in [-0.1, -0.05) is 19.9 Å². The normalized spacial score (nSPS) is 31.1. The van der Waals surface area contributed by atoms with E-state index in [1.807, 2.05) is 20.8 Å². The molecule has 4 heteroatoms. The van der Waals surface area contributed by atoms with Crippen LogP contribution in [0, 0.1) is 23.2 Å². The molecule has 0 aromatic carbocycles. The highest BCUT2D eigenvalue weighted by atomic mass is 16.5. The molecular weight excluding hydrogens is 232 g/mol. The number of allylic oxidation sites excluding steroid dienone is 1. The van der Waals surface area contributed by atoms with Gasteiger partial charge in [-0.3, -0.25) is 4.79 Å². The van der Waals surface area contributed by atoms with Crippen molar-refractivity contribution >= 4 is 11.9 Å². The quantitative estimate of drug-likeness (QED) is 0.602. The summed E-state index contributed by atoms with van der Waals surface area (Å²) < 4.78 is 5.24. The average molecular weight is 252 g/mol. The monoisotopic (exact) mass is 252 g/mol. The van der Waals surface area contributed by atoms with Crippen LogP contribution in [0.5, 0.6) is 0 Å². The van der Waals surface area contributed by atoms with E-state index < -0.39 is 5.97 Å². The van der Waals surface area contributed by atoms with Gasteiger partial charge in [0.2, 0.25) is 0 Å².